The van der Waals surface area contributed by atoms with Gasteiger partial charge in [0.2, 0.25) is 0 Å². The van der Waals surface area contributed by atoms with Crippen molar-refractivity contribution < 1.29 is 4.79 Å². The number of amides is 1. The summed E-state index contributed by atoms with van der Waals surface area (Å²) >= 11 is 4.83. The molecule has 0 bridgehead atoms. The Bertz CT molecular complexity index is 904. The van der Waals surface area contributed by atoms with Gasteiger partial charge < -0.3 is 4.57 Å². The van der Waals surface area contributed by atoms with E-state index in [0.29, 0.717) is 4.88 Å². The minimum atomic E-state index is -0.155. The number of nitrogens with zero attached hydrogens (tertiary/aromatic N) is 2. The molecule has 0 aliphatic carbocycles. The summed E-state index contributed by atoms with van der Waals surface area (Å²) in [6, 6.07) is 8.10. The second kappa shape index (κ2) is 7.03. The van der Waals surface area contributed by atoms with Crippen molar-refractivity contribution >= 4 is 50.6 Å². The fourth-order valence-electron chi connectivity index (χ4n) is 2.35. The Kier molecular flexibility index (Phi) is 5.04. The number of carbonyl (C=O) groups is 1. The summed E-state index contributed by atoms with van der Waals surface area (Å²) in [5, 5.41) is 1.90. The van der Waals surface area contributed by atoms with Crippen LogP contribution < -0.4 is 4.80 Å². The molecule has 0 N–H and O–H groups in total. The Labute approximate surface area is 147 Å². The molecule has 6 heteroatoms. The van der Waals surface area contributed by atoms with Crippen molar-refractivity contribution in [3.63, 3.8) is 0 Å². The van der Waals surface area contributed by atoms with Crippen molar-refractivity contribution in [2.45, 2.75) is 20.4 Å². The molecule has 0 fully saturated rings. The molecule has 0 aliphatic rings. The Morgan fingerprint density at radius 2 is 2.09 bits per heavy atom. The molecule has 2 aromatic heterocycles. The first-order valence-electron chi connectivity index (χ1n) is 7.32. The van der Waals surface area contributed by atoms with Crippen LogP contribution in [0.25, 0.3) is 10.2 Å². The molecule has 3 nitrogen and oxygen atoms in total. The zero-order valence-electron chi connectivity index (χ0n) is 13.3. The highest BCUT2D eigenvalue weighted by molar-refractivity contribution is 7.98. The number of hydrogen-bond donors (Lipinski definition) is 0. The van der Waals surface area contributed by atoms with E-state index in [4.69, 9.17) is 0 Å². The number of benzene rings is 1. The standard InChI is InChI=1S/C17H18N2OS3/c1-11-9-13-15(10-12(11)2)23-17(19(13)6-8-21-3)18-16(20)14-5-4-7-22-14/h4-5,7,9-10H,6,8H2,1-3H3. The molecule has 0 unspecified atom stereocenters. The summed E-state index contributed by atoms with van der Waals surface area (Å²) in [5.74, 6) is 0.844. The van der Waals surface area contributed by atoms with Gasteiger partial charge >= 0.3 is 0 Å². The zero-order chi connectivity index (χ0) is 16.4. The lowest BCUT2D eigenvalue weighted by Gasteiger charge is -2.05. The summed E-state index contributed by atoms with van der Waals surface area (Å²) in [6.07, 6.45) is 2.10. The third-order valence-corrected chi connectivity index (χ3v) is 6.24. The van der Waals surface area contributed by atoms with Crippen LogP contribution in [0.5, 0.6) is 0 Å². The number of thioether (sulfide) groups is 1. The van der Waals surface area contributed by atoms with Crippen molar-refractivity contribution in [1.29, 1.82) is 0 Å². The minimum Gasteiger partial charge on any atom is -0.315 e. The van der Waals surface area contributed by atoms with Crippen molar-refractivity contribution in [1.82, 2.24) is 4.57 Å². The van der Waals surface area contributed by atoms with Gasteiger partial charge in [0.1, 0.15) is 0 Å². The fourth-order valence-corrected chi connectivity index (χ4v) is 4.45. The monoisotopic (exact) mass is 362 g/mol. The van der Waals surface area contributed by atoms with Crippen LogP contribution >= 0.6 is 34.4 Å². The van der Waals surface area contributed by atoms with Crippen molar-refractivity contribution in [3.05, 3.63) is 50.5 Å². The topological polar surface area (TPSA) is 34.4 Å². The molecule has 1 amide bonds. The summed E-state index contributed by atoms with van der Waals surface area (Å²) in [6.45, 7) is 5.10. The highest BCUT2D eigenvalue weighted by Crippen LogP contribution is 2.22. The molecule has 0 spiro atoms. The third-order valence-electron chi connectivity index (χ3n) is 3.75. The molecule has 0 saturated heterocycles. The molecule has 23 heavy (non-hydrogen) atoms. The van der Waals surface area contributed by atoms with E-state index in [1.807, 2.05) is 17.5 Å². The first kappa shape index (κ1) is 16.5. The molecule has 1 aromatic carbocycles. The van der Waals surface area contributed by atoms with Gasteiger partial charge in [-0.25, -0.2) is 0 Å². The highest BCUT2D eigenvalue weighted by Gasteiger charge is 2.11. The van der Waals surface area contributed by atoms with Crippen LogP contribution in [0.3, 0.4) is 0 Å². The number of fused-ring (bicyclic) bond motifs is 1. The van der Waals surface area contributed by atoms with E-state index in [-0.39, 0.29) is 5.91 Å². The summed E-state index contributed by atoms with van der Waals surface area (Å²) in [4.78, 5) is 18.2. The summed E-state index contributed by atoms with van der Waals surface area (Å²) in [7, 11) is 0. The van der Waals surface area contributed by atoms with E-state index in [9.17, 15) is 4.79 Å². The molecule has 0 saturated carbocycles. The van der Waals surface area contributed by atoms with Crippen LogP contribution in [0.2, 0.25) is 0 Å². The van der Waals surface area contributed by atoms with Gasteiger partial charge in [-0.2, -0.15) is 16.8 Å². The Morgan fingerprint density at radius 3 is 2.78 bits per heavy atom. The normalized spacial score (nSPS) is 12.2. The Balaban J connectivity index is 2.16. The smallest absolute Gasteiger partial charge is 0.289 e. The number of rotatable bonds is 4. The maximum atomic E-state index is 12.3. The van der Waals surface area contributed by atoms with Crippen molar-refractivity contribution in [3.8, 4) is 0 Å². The van der Waals surface area contributed by atoms with Gasteiger partial charge in [0, 0.05) is 12.3 Å². The lowest BCUT2D eigenvalue weighted by molar-refractivity contribution is 0.100. The molecule has 120 valence electrons. The van der Waals surface area contributed by atoms with E-state index < -0.39 is 0 Å². The lowest BCUT2D eigenvalue weighted by atomic mass is 10.1. The molecule has 0 radical (unpaired) electrons. The molecular weight excluding hydrogens is 344 g/mol. The van der Waals surface area contributed by atoms with Crippen LogP contribution in [0.4, 0.5) is 0 Å². The van der Waals surface area contributed by atoms with Gasteiger partial charge in [-0.15, -0.1) is 11.3 Å². The predicted molar refractivity (Wildman–Crippen MR) is 102 cm³/mol. The van der Waals surface area contributed by atoms with Crippen LogP contribution in [-0.4, -0.2) is 22.5 Å². The van der Waals surface area contributed by atoms with Crippen molar-refractivity contribution in [2.24, 2.45) is 4.99 Å². The fraction of sp³-hybridized carbons (Fsp3) is 0.294. The number of aromatic nitrogens is 1. The van der Waals surface area contributed by atoms with Crippen LogP contribution in [0.1, 0.15) is 20.8 Å². The van der Waals surface area contributed by atoms with Crippen LogP contribution in [-0.2, 0) is 6.54 Å². The first-order valence-corrected chi connectivity index (χ1v) is 10.4. The molecule has 3 aromatic rings. The second-order valence-electron chi connectivity index (χ2n) is 5.33. The molecular formula is C17H18N2OS3. The van der Waals surface area contributed by atoms with E-state index in [1.165, 1.54) is 32.7 Å². The largest absolute Gasteiger partial charge is 0.315 e. The first-order chi connectivity index (χ1) is 11.1. The minimum absolute atomic E-state index is 0.155. The molecule has 0 atom stereocenters. The summed E-state index contributed by atoms with van der Waals surface area (Å²) < 4.78 is 3.36. The SMILES string of the molecule is CSCCn1c(=NC(=O)c2cccs2)sc2cc(C)c(C)cc21. The molecule has 0 aliphatic heterocycles. The maximum absolute atomic E-state index is 12.3. The van der Waals surface area contributed by atoms with Gasteiger partial charge in [-0.1, -0.05) is 17.4 Å². The molecule has 2 heterocycles. The van der Waals surface area contributed by atoms with Crippen LogP contribution in [0, 0.1) is 13.8 Å². The van der Waals surface area contributed by atoms with E-state index in [1.54, 1.807) is 23.1 Å². The van der Waals surface area contributed by atoms with Gasteiger partial charge in [0.25, 0.3) is 5.91 Å². The Hall–Kier alpha value is -1.37. The van der Waals surface area contributed by atoms with Crippen molar-refractivity contribution in [2.75, 3.05) is 12.0 Å². The average Bonchev–Trinajstić information content (AvgIpc) is 3.15. The lowest BCUT2D eigenvalue weighted by Crippen LogP contribution is -2.18. The zero-order valence-corrected chi connectivity index (χ0v) is 15.8. The summed E-state index contributed by atoms with van der Waals surface area (Å²) in [5.41, 5.74) is 3.71. The quantitative estimate of drug-likeness (QED) is 0.685. The number of hydrogen-bond acceptors (Lipinski definition) is 4. The van der Waals surface area contributed by atoms with E-state index in [2.05, 4.69) is 41.8 Å². The molecule has 3 rings (SSSR count). The number of carbonyl (C=O) groups excluding carboxylic acids is 1. The highest BCUT2D eigenvalue weighted by atomic mass is 32.2. The second-order valence-corrected chi connectivity index (χ2v) is 8.27. The predicted octanol–water partition coefficient (Wildman–Crippen LogP) is 4.49. The number of aryl methyl sites for hydroxylation is 3. The maximum Gasteiger partial charge on any atom is 0.289 e. The third kappa shape index (κ3) is 3.44. The van der Waals surface area contributed by atoms with Crippen LogP contribution in [0.15, 0.2) is 34.6 Å². The van der Waals surface area contributed by atoms with Gasteiger partial charge in [0.15, 0.2) is 4.80 Å². The average molecular weight is 363 g/mol. The number of thiophene rings is 1. The van der Waals surface area contributed by atoms with E-state index >= 15 is 0 Å². The number of thiazole rings is 1. The van der Waals surface area contributed by atoms with E-state index in [0.717, 1.165) is 17.1 Å². The van der Waals surface area contributed by atoms with Gasteiger partial charge in [-0.05, 0) is 54.8 Å². The van der Waals surface area contributed by atoms with Gasteiger partial charge in [0.05, 0.1) is 15.1 Å². The van der Waals surface area contributed by atoms with Gasteiger partial charge in [-0.3, -0.25) is 4.79 Å². The Morgan fingerprint density at radius 1 is 1.30 bits per heavy atom.